The Balaban J connectivity index is 1.65. The molecule has 0 aliphatic carbocycles. The van der Waals surface area contributed by atoms with Gasteiger partial charge in [0.1, 0.15) is 18.1 Å². The van der Waals surface area contributed by atoms with Crippen molar-refractivity contribution >= 4 is 6.09 Å². The molecular weight excluding hydrogens is 330 g/mol. The zero-order valence-corrected chi connectivity index (χ0v) is 15.7. The largest absolute Gasteiger partial charge is 0.497 e. The molecule has 0 aromatic heterocycles. The Morgan fingerprint density at radius 1 is 1.23 bits per heavy atom. The van der Waals surface area contributed by atoms with E-state index in [0.29, 0.717) is 6.42 Å². The van der Waals surface area contributed by atoms with E-state index >= 15 is 0 Å². The van der Waals surface area contributed by atoms with Crippen LogP contribution in [0.15, 0.2) is 42.5 Å². The Hall–Kier alpha value is -2.69. The topological polar surface area (TPSA) is 56.8 Å². The number of methoxy groups -OCH3 is 1. The van der Waals surface area contributed by atoms with Gasteiger partial charge in [-0.2, -0.15) is 0 Å². The molecule has 2 aromatic rings. The first-order valence-corrected chi connectivity index (χ1v) is 8.72. The van der Waals surface area contributed by atoms with E-state index < -0.39 is 12.3 Å². The second-order valence-corrected chi connectivity index (χ2v) is 7.43. The highest BCUT2D eigenvalue weighted by Crippen LogP contribution is 2.41. The summed E-state index contributed by atoms with van der Waals surface area (Å²) >= 11 is 0. The fourth-order valence-corrected chi connectivity index (χ4v) is 2.99. The number of nitrogens with one attached hydrogen (secondary N) is 1. The van der Waals surface area contributed by atoms with Crippen LogP contribution in [0, 0.1) is 0 Å². The van der Waals surface area contributed by atoms with Crippen LogP contribution < -0.4 is 14.8 Å². The Kier molecular flexibility index (Phi) is 5.07. The van der Waals surface area contributed by atoms with Gasteiger partial charge in [-0.3, -0.25) is 5.32 Å². The number of alkyl carbamates (subject to hydrolysis) is 1. The highest BCUT2D eigenvalue weighted by Gasteiger charge is 2.31. The molecule has 1 aliphatic rings. The number of rotatable bonds is 4. The number of ether oxygens (including phenoxy) is 3. The molecule has 26 heavy (non-hydrogen) atoms. The van der Waals surface area contributed by atoms with Crippen molar-refractivity contribution in [3.8, 4) is 11.5 Å². The zero-order valence-electron chi connectivity index (χ0n) is 15.7. The molecule has 1 atom stereocenters. The van der Waals surface area contributed by atoms with Crippen molar-refractivity contribution in [2.24, 2.45) is 0 Å². The van der Waals surface area contributed by atoms with Crippen LogP contribution >= 0.6 is 0 Å². The molecule has 0 radical (unpaired) electrons. The van der Waals surface area contributed by atoms with Crippen LogP contribution in [0.1, 0.15) is 37.5 Å². The standard InChI is InChI=1S/C21H25NO4/c1-21(2,3)17-12-16(24-4)10-15-11-18(26-19(15)17)22-20(23)25-13-14-8-6-5-7-9-14/h5-10,12,18H,11,13H2,1-4H3,(H,22,23). The predicted octanol–water partition coefficient (Wildman–Crippen LogP) is 4.18. The summed E-state index contributed by atoms with van der Waals surface area (Å²) in [7, 11) is 1.65. The van der Waals surface area contributed by atoms with Crippen LogP contribution in [-0.2, 0) is 23.2 Å². The molecule has 3 rings (SSSR count). The molecule has 5 heteroatoms. The second-order valence-electron chi connectivity index (χ2n) is 7.43. The van der Waals surface area contributed by atoms with Crippen LogP contribution in [0.25, 0.3) is 0 Å². The first-order valence-electron chi connectivity index (χ1n) is 8.72. The molecule has 1 heterocycles. The van der Waals surface area contributed by atoms with E-state index in [2.05, 4.69) is 26.1 Å². The molecule has 1 aliphatic heterocycles. The van der Waals surface area contributed by atoms with Gasteiger partial charge in [-0.15, -0.1) is 0 Å². The minimum atomic E-state index is -0.490. The quantitative estimate of drug-likeness (QED) is 0.894. The fourth-order valence-electron chi connectivity index (χ4n) is 2.99. The maximum absolute atomic E-state index is 12.1. The molecule has 0 saturated carbocycles. The van der Waals surface area contributed by atoms with Gasteiger partial charge in [0.05, 0.1) is 7.11 Å². The lowest BCUT2D eigenvalue weighted by atomic mass is 9.85. The van der Waals surface area contributed by atoms with Crippen molar-refractivity contribution in [3.63, 3.8) is 0 Å². The zero-order chi connectivity index (χ0) is 18.7. The van der Waals surface area contributed by atoms with Gasteiger partial charge in [-0.05, 0) is 23.1 Å². The average Bonchev–Trinajstić information content (AvgIpc) is 3.01. The summed E-state index contributed by atoms with van der Waals surface area (Å²) in [6.45, 7) is 6.61. The van der Waals surface area contributed by atoms with Crippen LogP contribution in [-0.4, -0.2) is 19.4 Å². The SMILES string of the molecule is COc1cc2c(c(C(C)(C)C)c1)OC(NC(=O)OCc1ccccc1)C2. The van der Waals surface area contributed by atoms with Gasteiger partial charge in [-0.1, -0.05) is 51.1 Å². The minimum Gasteiger partial charge on any atom is -0.497 e. The molecule has 0 fully saturated rings. The summed E-state index contributed by atoms with van der Waals surface area (Å²) in [5, 5.41) is 2.79. The van der Waals surface area contributed by atoms with Crippen molar-refractivity contribution in [2.45, 2.75) is 45.4 Å². The number of hydrogen-bond donors (Lipinski definition) is 1. The van der Waals surface area contributed by atoms with Gasteiger partial charge in [0.2, 0.25) is 0 Å². The number of hydrogen-bond acceptors (Lipinski definition) is 4. The summed E-state index contributed by atoms with van der Waals surface area (Å²) in [5.74, 6) is 1.62. The monoisotopic (exact) mass is 355 g/mol. The summed E-state index contributed by atoms with van der Waals surface area (Å²) in [5.41, 5.74) is 2.94. The number of benzene rings is 2. The third kappa shape index (κ3) is 4.10. The van der Waals surface area contributed by atoms with Crippen molar-refractivity contribution in [1.82, 2.24) is 5.32 Å². The van der Waals surface area contributed by atoms with Crippen LogP contribution in [0.5, 0.6) is 11.5 Å². The van der Waals surface area contributed by atoms with Gasteiger partial charge in [0.15, 0.2) is 6.23 Å². The molecule has 0 bridgehead atoms. The third-order valence-electron chi connectivity index (χ3n) is 4.34. The van der Waals surface area contributed by atoms with Crippen molar-refractivity contribution in [3.05, 3.63) is 59.2 Å². The normalized spacial score (nSPS) is 15.8. The fraction of sp³-hybridized carbons (Fsp3) is 0.381. The summed E-state index contributed by atoms with van der Waals surface area (Å²) < 4.78 is 16.7. The second kappa shape index (κ2) is 7.28. The van der Waals surface area contributed by atoms with Gasteiger partial charge in [0.25, 0.3) is 0 Å². The molecule has 0 spiro atoms. The number of amides is 1. The highest BCUT2D eigenvalue weighted by molar-refractivity contribution is 5.68. The van der Waals surface area contributed by atoms with E-state index in [1.807, 2.05) is 42.5 Å². The molecule has 1 N–H and O–H groups in total. The lowest BCUT2D eigenvalue weighted by molar-refractivity contribution is 0.112. The molecule has 0 saturated heterocycles. The lowest BCUT2D eigenvalue weighted by Crippen LogP contribution is -2.38. The smallest absolute Gasteiger partial charge is 0.410 e. The van der Waals surface area contributed by atoms with E-state index in [1.54, 1.807) is 7.11 Å². The van der Waals surface area contributed by atoms with Crippen LogP contribution in [0.4, 0.5) is 4.79 Å². The Labute approximate surface area is 154 Å². The van der Waals surface area contributed by atoms with E-state index in [9.17, 15) is 4.79 Å². The summed E-state index contributed by atoms with van der Waals surface area (Å²) in [6.07, 6.45) is -0.354. The van der Waals surface area contributed by atoms with E-state index in [4.69, 9.17) is 14.2 Å². The van der Waals surface area contributed by atoms with Crippen molar-refractivity contribution < 1.29 is 19.0 Å². The van der Waals surface area contributed by atoms with E-state index in [0.717, 1.165) is 28.2 Å². The van der Waals surface area contributed by atoms with Gasteiger partial charge in [0, 0.05) is 17.5 Å². The maximum atomic E-state index is 12.1. The highest BCUT2D eigenvalue weighted by atomic mass is 16.6. The Bertz CT molecular complexity index is 781. The Morgan fingerprint density at radius 3 is 2.62 bits per heavy atom. The third-order valence-corrected chi connectivity index (χ3v) is 4.34. The first kappa shape index (κ1) is 18.1. The van der Waals surface area contributed by atoms with Crippen molar-refractivity contribution in [2.75, 3.05) is 7.11 Å². The summed E-state index contributed by atoms with van der Waals surface area (Å²) in [4.78, 5) is 12.1. The van der Waals surface area contributed by atoms with Gasteiger partial charge >= 0.3 is 6.09 Å². The molecule has 1 amide bonds. The molecule has 1 unspecified atom stereocenters. The maximum Gasteiger partial charge on any atom is 0.410 e. The molecule has 5 nitrogen and oxygen atoms in total. The molecular formula is C21H25NO4. The average molecular weight is 355 g/mol. The number of carbonyl (C=O) groups excluding carboxylic acids is 1. The molecule has 2 aromatic carbocycles. The number of carbonyl (C=O) groups is 1. The van der Waals surface area contributed by atoms with E-state index in [-0.39, 0.29) is 12.0 Å². The minimum absolute atomic E-state index is 0.0959. The van der Waals surface area contributed by atoms with Gasteiger partial charge in [-0.25, -0.2) is 4.79 Å². The van der Waals surface area contributed by atoms with E-state index in [1.165, 1.54) is 0 Å². The lowest BCUT2D eigenvalue weighted by Gasteiger charge is -2.23. The predicted molar refractivity (Wildman–Crippen MR) is 99.6 cm³/mol. The summed E-state index contributed by atoms with van der Waals surface area (Å²) in [6, 6.07) is 13.5. The van der Waals surface area contributed by atoms with Crippen molar-refractivity contribution in [1.29, 1.82) is 0 Å². The van der Waals surface area contributed by atoms with Gasteiger partial charge < -0.3 is 14.2 Å². The Morgan fingerprint density at radius 2 is 1.96 bits per heavy atom. The molecule has 138 valence electrons. The number of fused-ring (bicyclic) bond motifs is 1. The van der Waals surface area contributed by atoms with Crippen LogP contribution in [0.3, 0.4) is 0 Å². The van der Waals surface area contributed by atoms with Crippen LogP contribution in [0.2, 0.25) is 0 Å². The first-order chi connectivity index (χ1) is 12.4.